The maximum atomic E-state index is 5.61. The molecule has 0 saturated heterocycles. The van der Waals surface area contributed by atoms with Gasteiger partial charge in [-0.05, 0) is 34.1 Å². The molecule has 0 saturated carbocycles. The van der Waals surface area contributed by atoms with E-state index in [2.05, 4.69) is 39.7 Å². The zero-order chi connectivity index (χ0) is 14.8. The second kappa shape index (κ2) is 6.23. The van der Waals surface area contributed by atoms with Crippen LogP contribution in [0.2, 0.25) is 0 Å². The van der Waals surface area contributed by atoms with Crippen molar-refractivity contribution >= 4 is 27.7 Å². The van der Waals surface area contributed by atoms with Gasteiger partial charge in [0.25, 0.3) is 0 Å². The lowest BCUT2D eigenvalue weighted by Crippen LogP contribution is -2.15. The van der Waals surface area contributed by atoms with Crippen LogP contribution in [0, 0.1) is 0 Å². The van der Waals surface area contributed by atoms with Crippen molar-refractivity contribution in [2.75, 3.05) is 13.2 Å². The van der Waals surface area contributed by atoms with Gasteiger partial charge in [-0.1, -0.05) is 25.6 Å². The molecule has 0 radical (unpaired) electrons. The van der Waals surface area contributed by atoms with Gasteiger partial charge in [-0.2, -0.15) is 0 Å². The van der Waals surface area contributed by atoms with Crippen molar-refractivity contribution in [3.63, 3.8) is 0 Å². The molecule has 6 heteroatoms. The molecule has 0 spiro atoms. The first-order valence-corrected chi connectivity index (χ1v) is 8.35. The van der Waals surface area contributed by atoms with Gasteiger partial charge in [0.15, 0.2) is 11.5 Å². The lowest BCUT2D eigenvalue weighted by molar-refractivity contribution is 0.171. The Morgan fingerprint density at radius 3 is 2.62 bits per heavy atom. The molecule has 21 heavy (non-hydrogen) atoms. The van der Waals surface area contributed by atoms with Crippen molar-refractivity contribution < 1.29 is 9.47 Å². The Morgan fingerprint density at radius 2 is 1.86 bits per heavy atom. The lowest BCUT2D eigenvalue weighted by atomic mass is 10.2. The zero-order valence-corrected chi connectivity index (χ0v) is 14.2. The number of ether oxygens (including phenoxy) is 2. The summed E-state index contributed by atoms with van der Waals surface area (Å²) in [6.07, 6.45) is 0. The highest BCUT2D eigenvalue weighted by molar-refractivity contribution is 9.10. The number of aromatic nitrogens is 2. The molecule has 0 aliphatic carbocycles. The summed E-state index contributed by atoms with van der Waals surface area (Å²) >= 11 is 5.04. The fraction of sp³-hybridized carbons (Fsp3) is 0.333. The third kappa shape index (κ3) is 3.49. The molecule has 0 fully saturated rings. The first kappa shape index (κ1) is 14.7. The molecule has 1 aromatic carbocycles. The second-order valence-corrected chi connectivity index (χ2v) is 6.86. The van der Waals surface area contributed by atoms with Crippen molar-refractivity contribution in [2.45, 2.75) is 29.7 Å². The minimum Gasteiger partial charge on any atom is -0.486 e. The fourth-order valence-electron chi connectivity index (χ4n) is 1.93. The van der Waals surface area contributed by atoms with Gasteiger partial charge in [-0.15, -0.1) is 0 Å². The molecule has 110 valence electrons. The van der Waals surface area contributed by atoms with Crippen LogP contribution in [0.1, 0.15) is 25.6 Å². The number of nitrogens with zero attached hydrogens (tertiary/aromatic N) is 2. The largest absolute Gasteiger partial charge is 0.486 e. The van der Waals surface area contributed by atoms with Gasteiger partial charge in [0, 0.05) is 16.9 Å². The van der Waals surface area contributed by atoms with E-state index in [1.54, 1.807) is 11.8 Å². The topological polar surface area (TPSA) is 44.2 Å². The summed E-state index contributed by atoms with van der Waals surface area (Å²) in [7, 11) is 0. The van der Waals surface area contributed by atoms with E-state index < -0.39 is 0 Å². The Balaban J connectivity index is 1.86. The van der Waals surface area contributed by atoms with Crippen LogP contribution >= 0.6 is 27.7 Å². The Labute approximate surface area is 136 Å². The van der Waals surface area contributed by atoms with Crippen molar-refractivity contribution in [1.29, 1.82) is 0 Å². The highest BCUT2D eigenvalue weighted by atomic mass is 79.9. The van der Waals surface area contributed by atoms with Crippen LogP contribution in [0.5, 0.6) is 11.5 Å². The quantitative estimate of drug-likeness (QED) is 0.758. The number of fused-ring (bicyclic) bond motifs is 1. The molecule has 0 N–H and O–H groups in total. The standard InChI is InChI=1S/C15H15BrN2O2S/c1-9(2)15-17-13(16)8-14(18-15)21-10-3-4-11-12(7-10)20-6-5-19-11/h3-4,7-9H,5-6H2,1-2H3. The molecular formula is C15H15BrN2O2S. The normalized spacial score (nSPS) is 13.5. The first-order valence-electron chi connectivity index (χ1n) is 6.74. The molecule has 2 aromatic rings. The van der Waals surface area contributed by atoms with Crippen LogP contribution in [0.4, 0.5) is 0 Å². The molecule has 1 aliphatic heterocycles. The van der Waals surface area contributed by atoms with Crippen molar-refractivity contribution in [2.24, 2.45) is 0 Å². The van der Waals surface area contributed by atoms with Gasteiger partial charge in [-0.25, -0.2) is 9.97 Å². The first-order chi connectivity index (χ1) is 10.1. The Morgan fingerprint density at radius 1 is 1.10 bits per heavy atom. The number of hydrogen-bond donors (Lipinski definition) is 0. The average molecular weight is 367 g/mol. The molecule has 0 unspecified atom stereocenters. The number of hydrogen-bond acceptors (Lipinski definition) is 5. The average Bonchev–Trinajstić information content (AvgIpc) is 2.46. The van der Waals surface area contributed by atoms with E-state index in [9.17, 15) is 0 Å². The molecular weight excluding hydrogens is 352 g/mol. The van der Waals surface area contributed by atoms with Gasteiger partial charge in [0.2, 0.25) is 0 Å². The maximum absolute atomic E-state index is 5.61. The van der Waals surface area contributed by atoms with Gasteiger partial charge >= 0.3 is 0 Å². The van der Waals surface area contributed by atoms with E-state index in [4.69, 9.17) is 9.47 Å². The predicted octanol–water partition coefficient (Wildman–Crippen LogP) is 4.28. The fourth-order valence-corrected chi connectivity index (χ4v) is 3.34. The third-order valence-electron chi connectivity index (χ3n) is 2.94. The predicted molar refractivity (Wildman–Crippen MR) is 85.4 cm³/mol. The summed E-state index contributed by atoms with van der Waals surface area (Å²) in [5.41, 5.74) is 0. The summed E-state index contributed by atoms with van der Waals surface area (Å²) in [4.78, 5) is 10.1. The molecule has 0 atom stereocenters. The van der Waals surface area contributed by atoms with Gasteiger partial charge in [0.1, 0.15) is 28.7 Å². The SMILES string of the molecule is CC(C)c1nc(Br)cc(Sc2ccc3c(c2)OCCO3)n1. The van der Waals surface area contributed by atoms with Gasteiger partial charge in [0.05, 0.1) is 0 Å². The lowest BCUT2D eigenvalue weighted by Gasteiger charge is -2.18. The Kier molecular flexibility index (Phi) is 4.35. The van der Waals surface area contributed by atoms with Gasteiger partial charge in [-0.3, -0.25) is 0 Å². The molecule has 2 heterocycles. The molecule has 1 aromatic heterocycles. The smallest absolute Gasteiger partial charge is 0.162 e. The van der Waals surface area contributed by atoms with Crippen molar-refractivity contribution in [1.82, 2.24) is 9.97 Å². The van der Waals surface area contributed by atoms with Crippen molar-refractivity contribution in [3.8, 4) is 11.5 Å². The summed E-state index contributed by atoms with van der Waals surface area (Å²) < 4.78 is 11.9. The minimum absolute atomic E-state index is 0.294. The van der Waals surface area contributed by atoms with E-state index in [-0.39, 0.29) is 0 Å². The summed E-state index contributed by atoms with van der Waals surface area (Å²) in [5.74, 6) is 2.73. The highest BCUT2D eigenvalue weighted by Crippen LogP contribution is 2.36. The van der Waals surface area contributed by atoms with Crippen LogP contribution in [-0.4, -0.2) is 23.2 Å². The molecule has 3 rings (SSSR count). The van der Waals surface area contributed by atoms with Gasteiger partial charge < -0.3 is 9.47 Å². The minimum atomic E-state index is 0.294. The van der Waals surface area contributed by atoms with Crippen LogP contribution in [0.3, 0.4) is 0 Å². The van der Waals surface area contributed by atoms with Crippen LogP contribution in [0.15, 0.2) is 38.8 Å². The molecule has 0 bridgehead atoms. The Hall–Kier alpha value is -1.27. The van der Waals surface area contributed by atoms with Crippen LogP contribution in [0.25, 0.3) is 0 Å². The number of benzene rings is 1. The molecule has 0 amide bonds. The highest BCUT2D eigenvalue weighted by Gasteiger charge is 2.13. The van der Waals surface area contributed by atoms with Crippen LogP contribution in [-0.2, 0) is 0 Å². The van der Waals surface area contributed by atoms with E-state index in [1.807, 2.05) is 24.3 Å². The van der Waals surface area contributed by atoms with E-state index >= 15 is 0 Å². The summed E-state index contributed by atoms with van der Waals surface area (Å²) in [6, 6.07) is 7.87. The van der Waals surface area contributed by atoms with E-state index in [1.165, 1.54) is 0 Å². The van der Waals surface area contributed by atoms with Crippen molar-refractivity contribution in [3.05, 3.63) is 34.7 Å². The number of rotatable bonds is 3. The summed E-state index contributed by atoms with van der Waals surface area (Å²) in [6.45, 7) is 5.37. The van der Waals surface area contributed by atoms with Crippen LogP contribution < -0.4 is 9.47 Å². The maximum Gasteiger partial charge on any atom is 0.162 e. The third-order valence-corrected chi connectivity index (χ3v) is 4.26. The number of halogens is 1. The monoisotopic (exact) mass is 366 g/mol. The molecule has 4 nitrogen and oxygen atoms in total. The second-order valence-electron chi connectivity index (χ2n) is 4.95. The van der Waals surface area contributed by atoms with E-state index in [0.29, 0.717) is 19.1 Å². The van der Waals surface area contributed by atoms with E-state index in [0.717, 1.165) is 31.8 Å². The molecule has 1 aliphatic rings. The summed E-state index contributed by atoms with van der Waals surface area (Å²) in [5, 5.41) is 0.914. The zero-order valence-electron chi connectivity index (χ0n) is 11.8. The Bertz CT molecular complexity index is 664.